The van der Waals surface area contributed by atoms with E-state index in [0.29, 0.717) is 5.89 Å². The molecule has 50 valence electrons. The Morgan fingerprint density at radius 1 is 1.56 bits per heavy atom. The minimum absolute atomic E-state index is 0.271. The molecule has 0 spiro atoms. The van der Waals surface area contributed by atoms with Crippen molar-refractivity contribution in [3.63, 3.8) is 0 Å². The molecule has 0 radical (unpaired) electrons. The SMILES string of the molecule is Cc1nnc([C@H](C)O)o1. The van der Waals surface area contributed by atoms with Crippen LogP contribution in [0.4, 0.5) is 0 Å². The van der Waals surface area contributed by atoms with Gasteiger partial charge in [-0.1, -0.05) is 0 Å². The summed E-state index contributed by atoms with van der Waals surface area (Å²) in [6, 6.07) is 0. The van der Waals surface area contributed by atoms with Gasteiger partial charge in [0.15, 0.2) is 0 Å². The summed E-state index contributed by atoms with van der Waals surface area (Å²) in [5.74, 6) is 0.749. The van der Waals surface area contributed by atoms with E-state index in [-0.39, 0.29) is 5.89 Å². The van der Waals surface area contributed by atoms with E-state index in [4.69, 9.17) is 9.52 Å². The Balaban J connectivity index is 2.85. The van der Waals surface area contributed by atoms with E-state index in [1.165, 1.54) is 0 Å². The Hall–Kier alpha value is -0.900. The molecule has 0 aromatic carbocycles. The summed E-state index contributed by atoms with van der Waals surface area (Å²) in [6.45, 7) is 3.26. The Kier molecular flexibility index (Phi) is 1.48. The maximum atomic E-state index is 8.84. The topological polar surface area (TPSA) is 59.2 Å². The number of aryl methyl sites for hydroxylation is 1. The van der Waals surface area contributed by atoms with Crippen molar-refractivity contribution in [3.8, 4) is 0 Å². The van der Waals surface area contributed by atoms with Gasteiger partial charge >= 0.3 is 0 Å². The molecule has 9 heavy (non-hydrogen) atoms. The zero-order valence-electron chi connectivity index (χ0n) is 5.33. The maximum Gasteiger partial charge on any atom is 0.244 e. The Bertz CT molecular complexity index is 195. The van der Waals surface area contributed by atoms with Gasteiger partial charge in [-0.25, -0.2) is 0 Å². The van der Waals surface area contributed by atoms with E-state index in [1.807, 2.05) is 0 Å². The van der Waals surface area contributed by atoms with Crippen molar-refractivity contribution in [3.05, 3.63) is 11.8 Å². The third kappa shape index (κ3) is 1.26. The van der Waals surface area contributed by atoms with Crippen LogP contribution in [0.1, 0.15) is 24.8 Å². The predicted octanol–water partition coefficient (Wildman–Crippen LogP) is 0.431. The van der Waals surface area contributed by atoms with Crippen LogP contribution in [0.2, 0.25) is 0 Å². The molecule has 4 nitrogen and oxygen atoms in total. The van der Waals surface area contributed by atoms with E-state index < -0.39 is 6.10 Å². The number of aromatic nitrogens is 2. The lowest BCUT2D eigenvalue weighted by molar-refractivity contribution is 0.161. The molecule has 4 heteroatoms. The second-order valence-corrected chi connectivity index (χ2v) is 1.84. The molecular weight excluding hydrogens is 120 g/mol. The largest absolute Gasteiger partial charge is 0.423 e. The van der Waals surface area contributed by atoms with Crippen LogP contribution in [0, 0.1) is 6.92 Å². The van der Waals surface area contributed by atoms with Gasteiger partial charge in [0.25, 0.3) is 0 Å². The Morgan fingerprint density at radius 2 is 2.22 bits per heavy atom. The number of aliphatic hydroxyl groups is 1. The smallest absolute Gasteiger partial charge is 0.244 e. The number of hydrogen-bond donors (Lipinski definition) is 1. The van der Waals surface area contributed by atoms with Gasteiger partial charge in [-0.2, -0.15) is 0 Å². The van der Waals surface area contributed by atoms with Crippen LogP contribution < -0.4 is 0 Å². The third-order valence-corrected chi connectivity index (χ3v) is 0.899. The fourth-order valence-electron chi connectivity index (χ4n) is 0.481. The van der Waals surface area contributed by atoms with Crippen LogP contribution in [0.25, 0.3) is 0 Å². The van der Waals surface area contributed by atoms with Crippen molar-refractivity contribution in [2.45, 2.75) is 20.0 Å². The molecule has 0 aliphatic carbocycles. The van der Waals surface area contributed by atoms with Crippen molar-refractivity contribution in [2.24, 2.45) is 0 Å². The third-order valence-electron chi connectivity index (χ3n) is 0.899. The van der Waals surface area contributed by atoms with Crippen LogP contribution in [0.3, 0.4) is 0 Å². The second kappa shape index (κ2) is 2.14. The molecule has 0 saturated heterocycles. The van der Waals surface area contributed by atoms with Crippen molar-refractivity contribution in [2.75, 3.05) is 0 Å². The monoisotopic (exact) mass is 128 g/mol. The highest BCUT2D eigenvalue weighted by molar-refractivity contribution is 4.81. The molecule has 0 amide bonds. The lowest BCUT2D eigenvalue weighted by Gasteiger charge is -1.91. The Labute approximate surface area is 52.5 Å². The first-order chi connectivity index (χ1) is 4.20. The molecule has 1 atom stereocenters. The fraction of sp³-hybridized carbons (Fsp3) is 0.600. The van der Waals surface area contributed by atoms with E-state index in [1.54, 1.807) is 13.8 Å². The summed E-state index contributed by atoms with van der Waals surface area (Å²) in [5.41, 5.74) is 0. The first-order valence-electron chi connectivity index (χ1n) is 2.68. The maximum absolute atomic E-state index is 8.84. The van der Waals surface area contributed by atoms with Gasteiger partial charge in [-0.3, -0.25) is 0 Å². The van der Waals surface area contributed by atoms with Gasteiger partial charge in [0.05, 0.1) is 0 Å². The van der Waals surface area contributed by atoms with Crippen molar-refractivity contribution in [1.82, 2.24) is 10.2 Å². The molecule has 0 unspecified atom stereocenters. The summed E-state index contributed by atoms with van der Waals surface area (Å²) in [6.07, 6.45) is -0.661. The summed E-state index contributed by atoms with van der Waals surface area (Å²) < 4.78 is 4.87. The van der Waals surface area contributed by atoms with Crippen molar-refractivity contribution in [1.29, 1.82) is 0 Å². The summed E-state index contributed by atoms with van der Waals surface area (Å²) >= 11 is 0. The second-order valence-electron chi connectivity index (χ2n) is 1.84. The molecular formula is C5H8N2O2. The van der Waals surface area contributed by atoms with Crippen LogP contribution in [0.15, 0.2) is 4.42 Å². The lowest BCUT2D eigenvalue weighted by atomic mass is 10.4. The normalized spacial score (nSPS) is 13.7. The van der Waals surface area contributed by atoms with Gasteiger partial charge in [0.2, 0.25) is 11.8 Å². The van der Waals surface area contributed by atoms with Crippen LogP contribution in [0.5, 0.6) is 0 Å². The molecule has 0 aliphatic heterocycles. The van der Waals surface area contributed by atoms with E-state index in [0.717, 1.165) is 0 Å². The van der Waals surface area contributed by atoms with Gasteiger partial charge in [0, 0.05) is 6.92 Å². The zero-order chi connectivity index (χ0) is 6.85. The number of rotatable bonds is 1. The van der Waals surface area contributed by atoms with Gasteiger partial charge < -0.3 is 9.52 Å². The predicted molar refractivity (Wildman–Crippen MR) is 29.7 cm³/mol. The highest BCUT2D eigenvalue weighted by Gasteiger charge is 2.06. The Morgan fingerprint density at radius 3 is 2.44 bits per heavy atom. The average molecular weight is 128 g/mol. The standard InChI is InChI=1S/C5H8N2O2/c1-3(8)5-7-6-4(2)9-5/h3,8H,1-2H3/t3-/m0/s1. The molecule has 1 rings (SSSR count). The first-order valence-corrected chi connectivity index (χ1v) is 2.68. The fourth-order valence-corrected chi connectivity index (χ4v) is 0.481. The quantitative estimate of drug-likeness (QED) is 0.595. The minimum atomic E-state index is -0.661. The van der Waals surface area contributed by atoms with Gasteiger partial charge in [-0.05, 0) is 6.92 Å². The molecule has 0 fully saturated rings. The van der Waals surface area contributed by atoms with Crippen LogP contribution in [-0.4, -0.2) is 15.3 Å². The van der Waals surface area contributed by atoms with E-state index in [2.05, 4.69) is 10.2 Å². The van der Waals surface area contributed by atoms with Crippen LogP contribution >= 0.6 is 0 Å². The number of nitrogens with zero attached hydrogens (tertiary/aromatic N) is 2. The molecule has 0 bridgehead atoms. The molecule has 0 aliphatic rings. The van der Waals surface area contributed by atoms with Crippen LogP contribution in [-0.2, 0) is 0 Å². The van der Waals surface area contributed by atoms with Crippen molar-refractivity contribution >= 4 is 0 Å². The molecule has 1 aromatic heterocycles. The molecule has 1 aromatic rings. The highest BCUT2D eigenvalue weighted by Crippen LogP contribution is 2.07. The van der Waals surface area contributed by atoms with Crippen molar-refractivity contribution < 1.29 is 9.52 Å². The van der Waals surface area contributed by atoms with Gasteiger partial charge in [-0.15, -0.1) is 10.2 Å². The summed E-state index contributed by atoms with van der Waals surface area (Å²) in [5, 5.41) is 16.0. The first kappa shape index (κ1) is 6.22. The van der Waals surface area contributed by atoms with E-state index in [9.17, 15) is 0 Å². The minimum Gasteiger partial charge on any atom is -0.423 e. The molecule has 1 N–H and O–H groups in total. The number of hydrogen-bond acceptors (Lipinski definition) is 4. The average Bonchev–Trinajstić information content (AvgIpc) is 2.14. The summed E-state index contributed by atoms with van der Waals surface area (Å²) in [4.78, 5) is 0. The molecule has 0 saturated carbocycles. The molecule has 1 heterocycles. The van der Waals surface area contributed by atoms with E-state index >= 15 is 0 Å². The zero-order valence-corrected chi connectivity index (χ0v) is 5.33. The summed E-state index contributed by atoms with van der Waals surface area (Å²) in [7, 11) is 0. The number of aliphatic hydroxyl groups excluding tert-OH is 1. The lowest BCUT2D eigenvalue weighted by Crippen LogP contribution is -1.89. The highest BCUT2D eigenvalue weighted by atomic mass is 16.4. The van der Waals surface area contributed by atoms with Gasteiger partial charge in [0.1, 0.15) is 6.10 Å².